The lowest BCUT2D eigenvalue weighted by Gasteiger charge is -2.01. The zero-order valence-corrected chi connectivity index (χ0v) is 8.13. The highest BCUT2D eigenvalue weighted by Gasteiger charge is 2.15. The molecule has 0 fully saturated rings. The van der Waals surface area contributed by atoms with Gasteiger partial charge in [-0.05, 0) is 30.3 Å². The lowest BCUT2D eigenvalue weighted by atomic mass is 10.1. The van der Waals surface area contributed by atoms with Gasteiger partial charge < -0.3 is 0 Å². The molecule has 0 aliphatic heterocycles. The molecule has 0 aliphatic carbocycles. The molecule has 1 aromatic heterocycles. The fourth-order valence-electron chi connectivity index (χ4n) is 1.37. The van der Waals surface area contributed by atoms with Gasteiger partial charge in [0, 0.05) is 17.8 Å². The Balaban J connectivity index is 2.55. The first-order chi connectivity index (χ1) is 7.68. The molecule has 16 heavy (non-hydrogen) atoms. The van der Waals surface area contributed by atoms with Crippen molar-refractivity contribution >= 4 is 5.69 Å². The molecule has 0 aliphatic rings. The molecule has 0 unspecified atom stereocenters. The third-order valence-electron chi connectivity index (χ3n) is 2.10. The Kier molecular flexibility index (Phi) is 2.59. The second-order valence-corrected chi connectivity index (χ2v) is 3.14. The number of hydrogen-bond donors (Lipinski definition) is 0. The van der Waals surface area contributed by atoms with E-state index in [0.29, 0.717) is 5.56 Å². The molecule has 0 radical (unpaired) electrons. The summed E-state index contributed by atoms with van der Waals surface area (Å²) < 4.78 is 12.7. The van der Waals surface area contributed by atoms with E-state index in [4.69, 9.17) is 0 Å². The number of nitrogens with zero attached hydrogens (tertiary/aromatic N) is 2. The van der Waals surface area contributed by atoms with Crippen LogP contribution in [0.2, 0.25) is 0 Å². The Morgan fingerprint density at radius 2 is 1.88 bits per heavy atom. The molecule has 0 amide bonds. The minimum absolute atomic E-state index is 0.0888. The van der Waals surface area contributed by atoms with Crippen LogP contribution < -0.4 is 0 Å². The monoisotopic (exact) mass is 218 g/mol. The van der Waals surface area contributed by atoms with Crippen molar-refractivity contribution in [1.29, 1.82) is 0 Å². The van der Waals surface area contributed by atoms with Gasteiger partial charge in [-0.1, -0.05) is 0 Å². The normalized spacial score (nSPS) is 10.1. The molecule has 0 saturated heterocycles. The maximum absolute atomic E-state index is 12.7. The highest BCUT2D eigenvalue weighted by molar-refractivity contribution is 5.68. The molecule has 2 rings (SSSR count). The maximum atomic E-state index is 12.7. The van der Waals surface area contributed by atoms with Crippen molar-refractivity contribution in [2.75, 3.05) is 0 Å². The van der Waals surface area contributed by atoms with Crippen molar-refractivity contribution in [3.05, 3.63) is 58.5 Å². The van der Waals surface area contributed by atoms with Crippen molar-refractivity contribution in [1.82, 2.24) is 4.98 Å². The van der Waals surface area contributed by atoms with Crippen molar-refractivity contribution in [3.8, 4) is 11.3 Å². The molecule has 0 spiro atoms. The molecule has 0 N–H and O–H groups in total. The van der Waals surface area contributed by atoms with E-state index in [2.05, 4.69) is 4.98 Å². The molecule has 0 saturated carbocycles. The predicted octanol–water partition coefficient (Wildman–Crippen LogP) is 2.80. The van der Waals surface area contributed by atoms with Gasteiger partial charge in [-0.25, -0.2) is 9.37 Å². The number of pyridine rings is 1. The van der Waals surface area contributed by atoms with E-state index < -0.39 is 4.92 Å². The Bertz CT molecular complexity index is 526. The summed E-state index contributed by atoms with van der Waals surface area (Å²) in [5, 5.41) is 10.8. The molecule has 0 atom stereocenters. The first-order valence-electron chi connectivity index (χ1n) is 4.54. The summed E-state index contributed by atoms with van der Waals surface area (Å²) in [5.41, 5.74) is 0.676. The van der Waals surface area contributed by atoms with Crippen LogP contribution in [0.15, 0.2) is 42.6 Å². The lowest BCUT2D eigenvalue weighted by Crippen LogP contribution is -1.94. The Morgan fingerprint density at radius 1 is 1.19 bits per heavy atom. The summed E-state index contributed by atoms with van der Waals surface area (Å²) in [6.45, 7) is 0. The predicted molar refractivity (Wildman–Crippen MR) is 56.3 cm³/mol. The van der Waals surface area contributed by atoms with Crippen LogP contribution in [0.4, 0.5) is 10.1 Å². The SMILES string of the molecule is O=[N+]([O-])c1cccnc1-c1ccc(F)cc1. The molecule has 2 aromatic rings. The van der Waals surface area contributed by atoms with Crippen LogP contribution in [0.25, 0.3) is 11.3 Å². The van der Waals surface area contributed by atoms with E-state index in [0.717, 1.165) is 0 Å². The van der Waals surface area contributed by atoms with Gasteiger partial charge in [0.15, 0.2) is 0 Å². The van der Waals surface area contributed by atoms with Gasteiger partial charge in [0.2, 0.25) is 0 Å². The standard InChI is InChI=1S/C11H7FN2O2/c12-9-5-3-8(4-6-9)11-10(14(15)16)2-1-7-13-11/h1-7H. The zero-order valence-electron chi connectivity index (χ0n) is 8.13. The average Bonchev–Trinajstić information content (AvgIpc) is 2.30. The molecular formula is C11H7FN2O2. The molecule has 0 bridgehead atoms. The molecule has 5 heteroatoms. The average molecular weight is 218 g/mol. The van der Waals surface area contributed by atoms with E-state index in [1.54, 1.807) is 0 Å². The summed E-state index contributed by atoms with van der Waals surface area (Å²) in [6, 6.07) is 8.27. The third-order valence-corrected chi connectivity index (χ3v) is 2.10. The van der Waals surface area contributed by atoms with Gasteiger partial charge >= 0.3 is 0 Å². The summed E-state index contributed by atoms with van der Waals surface area (Å²) in [7, 11) is 0. The molecule has 1 aromatic carbocycles. The quantitative estimate of drug-likeness (QED) is 0.575. The van der Waals surface area contributed by atoms with Crippen molar-refractivity contribution in [3.63, 3.8) is 0 Å². The third kappa shape index (κ3) is 1.88. The van der Waals surface area contributed by atoms with Crippen LogP contribution in [0.3, 0.4) is 0 Å². The van der Waals surface area contributed by atoms with E-state index in [9.17, 15) is 14.5 Å². The van der Waals surface area contributed by atoms with E-state index in [1.165, 1.54) is 42.6 Å². The Morgan fingerprint density at radius 3 is 2.50 bits per heavy atom. The van der Waals surface area contributed by atoms with Gasteiger partial charge in [-0.2, -0.15) is 0 Å². The van der Waals surface area contributed by atoms with Gasteiger partial charge in [0.1, 0.15) is 11.5 Å². The minimum atomic E-state index is -0.508. The van der Waals surface area contributed by atoms with E-state index in [1.807, 2.05) is 0 Å². The van der Waals surface area contributed by atoms with Gasteiger partial charge in [-0.3, -0.25) is 10.1 Å². The van der Waals surface area contributed by atoms with Crippen LogP contribution in [0.5, 0.6) is 0 Å². The van der Waals surface area contributed by atoms with Gasteiger partial charge in [-0.15, -0.1) is 0 Å². The van der Waals surface area contributed by atoms with E-state index in [-0.39, 0.29) is 17.2 Å². The highest BCUT2D eigenvalue weighted by atomic mass is 19.1. The first kappa shape index (κ1) is 10.2. The summed E-state index contributed by atoms with van der Waals surface area (Å²) in [4.78, 5) is 14.2. The van der Waals surface area contributed by atoms with Crippen LogP contribution in [-0.2, 0) is 0 Å². The van der Waals surface area contributed by atoms with Crippen molar-refractivity contribution < 1.29 is 9.31 Å². The van der Waals surface area contributed by atoms with Crippen LogP contribution in [-0.4, -0.2) is 9.91 Å². The van der Waals surface area contributed by atoms with Crippen molar-refractivity contribution in [2.24, 2.45) is 0 Å². The minimum Gasteiger partial charge on any atom is -0.258 e. The number of hydrogen-bond acceptors (Lipinski definition) is 3. The zero-order chi connectivity index (χ0) is 11.5. The molecular weight excluding hydrogens is 211 g/mol. The summed E-state index contributed by atoms with van der Waals surface area (Å²) >= 11 is 0. The fraction of sp³-hybridized carbons (Fsp3) is 0. The molecule has 4 nitrogen and oxygen atoms in total. The topological polar surface area (TPSA) is 56.0 Å². The second kappa shape index (κ2) is 4.06. The second-order valence-electron chi connectivity index (χ2n) is 3.14. The van der Waals surface area contributed by atoms with Gasteiger partial charge in [0.25, 0.3) is 5.69 Å². The number of nitro groups is 1. The first-order valence-corrected chi connectivity index (χ1v) is 4.54. The number of halogens is 1. The fourth-order valence-corrected chi connectivity index (χ4v) is 1.37. The van der Waals surface area contributed by atoms with Crippen LogP contribution >= 0.6 is 0 Å². The molecule has 80 valence electrons. The van der Waals surface area contributed by atoms with E-state index >= 15 is 0 Å². The number of rotatable bonds is 2. The highest BCUT2D eigenvalue weighted by Crippen LogP contribution is 2.26. The van der Waals surface area contributed by atoms with Crippen LogP contribution in [0.1, 0.15) is 0 Å². The molecule has 1 heterocycles. The summed E-state index contributed by atoms with van der Waals surface area (Å²) in [5.74, 6) is -0.387. The van der Waals surface area contributed by atoms with Crippen LogP contribution in [0, 0.1) is 15.9 Å². The Labute approximate surface area is 90.5 Å². The maximum Gasteiger partial charge on any atom is 0.295 e. The largest absolute Gasteiger partial charge is 0.295 e. The number of aromatic nitrogens is 1. The smallest absolute Gasteiger partial charge is 0.258 e. The van der Waals surface area contributed by atoms with Gasteiger partial charge in [0.05, 0.1) is 4.92 Å². The number of benzene rings is 1. The summed E-state index contributed by atoms with van der Waals surface area (Å²) in [6.07, 6.45) is 1.46. The van der Waals surface area contributed by atoms with Crippen molar-refractivity contribution in [2.45, 2.75) is 0 Å². The Hall–Kier alpha value is -2.30. The lowest BCUT2D eigenvalue weighted by molar-refractivity contribution is -0.384.